The molecule has 0 spiro atoms. The van der Waals surface area contributed by atoms with Gasteiger partial charge in [-0.3, -0.25) is 14.5 Å². The average Bonchev–Trinajstić information content (AvgIpc) is 2.56. The summed E-state index contributed by atoms with van der Waals surface area (Å²) in [6.45, 7) is 3.48. The molecule has 10 heteroatoms. The summed E-state index contributed by atoms with van der Waals surface area (Å²) in [4.78, 5) is 35.7. The third-order valence-electron chi connectivity index (χ3n) is 3.76. The van der Waals surface area contributed by atoms with E-state index < -0.39 is 24.0 Å². The Morgan fingerprint density at radius 3 is 1.89 bits per heavy atom. The van der Waals surface area contributed by atoms with Crippen LogP contribution in [0.5, 0.6) is 0 Å². The normalized spacial score (nSPS) is 12.3. The number of carbonyl (C=O) groups is 3. The Morgan fingerprint density at radius 2 is 1.41 bits per heavy atom. The number of aliphatic hydroxyl groups excluding tert-OH is 1. The van der Waals surface area contributed by atoms with E-state index >= 15 is 0 Å². The molecule has 0 amide bonds. The van der Waals surface area contributed by atoms with Crippen LogP contribution in [0.15, 0.2) is 12.2 Å². The first-order valence-electron chi connectivity index (χ1n) is 8.62. The molecule has 0 saturated heterocycles. The summed E-state index contributed by atoms with van der Waals surface area (Å²) in [5, 5.41) is 38.3. The van der Waals surface area contributed by atoms with Crippen LogP contribution in [0.4, 0.5) is 0 Å². The molecule has 0 aliphatic carbocycles. The Balaban J connectivity index is 0. The van der Waals surface area contributed by atoms with E-state index in [-0.39, 0.29) is 96.8 Å². The van der Waals surface area contributed by atoms with Gasteiger partial charge in [0.05, 0.1) is 18.9 Å². The summed E-state index contributed by atoms with van der Waals surface area (Å²) in [6.07, 6.45) is 3.04. The van der Waals surface area contributed by atoms with Gasteiger partial charge in [-0.25, -0.2) is 0 Å². The summed E-state index contributed by atoms with van der Waals surface area (Å²) in [5.41, 5.74) is 0. The van der Waals surface area contributed by atoms with Crippen molar-refractivity contribution in [2.75, 3.05) is 39.3 Å². The van der Waals surface area contributed by atoms with E-state index in [1.807, 2.05) is 19.1 Å². The van der Waals surface area contributed by atoms with Gasteiger partial charge in [-0.15, -0.1) is 0 Å². The molecular weight excluding hydrogens is 383 g/mol. The fraction of sp³-hybridized carbons (Fsp3) is 0.706. The van der Waals surface area contributed by atoms with E-state index in [1.165, 1.54) is 0 Å². The maximum absolute atomic E-state index is 10.8. The van der Waals surface area contributed by atoms with Crippen LogP contribution in [-0.4, -0.2) is 88.4 Å². The fourth-order valence-corrected chi connectivity index (χ4v) is 2.34. The van der Waals surface area contributed by atoms with Crippen molar-refractivity contribution in [2.45, 2.75) is 38.7 Å². The smallest absolute Gasteiger partial charge is 0.550 e. The molecule has 0 radical (unpaired) electrons. The number of carboxylic acids is 3. The van der Waals surface area contributed by atoms with Crippen molar-refractivity contribution in [1.82, 2.24) is 9.80 Å². The van der Waals surface area contributed by atoms with Crippen LogP contribution in [0, 0.1) is 0 Å². The summed E-state index contributed by atoms with van der Waals surface area (Å²) in [7, 11) is 0. The topological polar surface area (TPSA) is 141 Å². The molecular formula is C17H29KN2O7. The van der Waals surface area contributed by atoms with E-state index in [0.29, 0.717) is 19.5 Å². The molecule has 150 valence electrons. The monoisotopic (exact) mass is 412 g/mol. The van der Waals surface area contributed by atoms with Crippen molar-refractivity contribution < 1.29 is 86.2 Å². The zero-order valence-electron chi connectivity index (χ0n) is 16.2. The van der Waals surface area contributed by atoms with Crippen LogP contribution in [0.2, 0.25) is 0 Å². The van der Waals surface area contributed by atoms with Gasteiger partial charge in [0, 0.05) is 45.2 Å². The summed E-state index contributed by atoms with van der Waals surface area (Å²) in [6, 6.07) is 0. The third kappa shape index (κ3) is 18.8. The van der Waals surface area contributed by atoms with E-state index in [9.17, 15) is 24.6 Å². The number of hydrogen-bond donors (Lipinski definition) is 3. The molecule has 0 saturated carbocycles. The standard InChI is InChI=1S/C17H30N2O7.K/c1-2-3-4-14(20)13-19(10-7-17(25)26)12-11-18(8-5-15(21)22)9-6-16(23)24;/h2-3,14,20H,4-13H2,1H3,(H,21,22)(H,23,24)(H,25,26);/q;+1/p-1/b3-2+;. The van der Waals surface area contributed by atoms with Crippen molar-refractivity contribution in [3.63, 3.8) is 0 Å². The molecule has 27 heavy (non-hydrogen) atoms. The number of carbonyl (C=O) groups excluding carboxylic acids is 1. The van der Waals surface area contributed by atoms with E-state index in [1.54, 1.807) is 9.80 Å². The van der Waals surface area contributed by atoms with Crippen LogP contribution in [0.1, 0.15) is 32.6 Å². The SMILES string of the molecule is C/C=C/CC(O)CN(CCC(=O)O)CCN(CCC(=O)[O-])CCC(=O)O.[K+]. The first-order valence-corrected chi connectivity index (χ1v) is 8.62. The number of rotatable bonds is 16. The predicted molar refractivity (Wildman–Crippen MR) is 92.4 cm³/mol. The molecule has 0 bridgehead atoms. The van der Waals surface area contributed by atoms with Crippen LogP contribution in [0.25, 0.3) is 0 Å². The first kappa shape index (κ1) is 28.9. The van der Waals surface area contributed by atoms with Gasteiger partial charge in [0.25, 0.3) is 0 Å². The van der Waals surface area contributed by atoms with Crippen LogP contribution >= 0.6 is 0 Å². The van der Waals surface area contributed by atoms with Crippen molar-refractivity contribution >= 4 is 17.9 Å². The molecule has 9 nitrogen and oxygen atoms in total. The first-order chi connectivity index (χ1) is 12.2. The van der Waals surface area contributed by atoms with Crippen molar-refractivity contribution in [2.24, 2.45) is 0 Å². The van der Waals surface area contributed by atoms with Gasteiger partial charge in [-0.1, -0.05) is 12.2 Å². The molecule has 0 aromatic heterocycles. The molecule has 0 heterocycles. The predicted octanol–water partition coefficient (Wildman–Crippen LogP) is -3.99. The van der Waals surface area contributed by atoms with Gasteiger partial charge < -0.3 is 30.1 Å². The van der Waals surface area contributed by atoms with Gasteiger partial charge in [-0.2, -0.15) is 0 Å². The molecule has 0 aromatic rings. The summed E-state index contributed by atoms with van der Waals surface area (Å²) < 4.78 is 0. The van der Waals surface area contributed by atoms with Crippen molar-refractivity contribution in [3.8, 4) is 0 Å². The quantitative estimate of drug-likeness (QED) is 0.171. The van der Waals surface area contributed by atoms with Gasteiger partial charge in [0.2, 0.25) is 0 Å². The Morgan fingerprint density at radius 1 is 0.926 bits per heavy atom. The number of carboxylic acid groups (broad SMARTS) is 3. The van der Waals surface area contributed by atoms with Crippen molar-refractivity contribution in [1.29, 1.82) is 0 Å². The van der Waals surface area contributed by atoms with E-state index in [0.717, 1.165) is 0 Å². The molecule has 1 atom stereocenters. The van der Waals surface area contributed by atoms with Crippen LogP contribution in [-0.2, 0) is 14.4 Å². The largest absolute Gasteiger partial charge is 1.00 e. The van der Waals surface area contributed by atoms with E-state index in [2.05, 4.69) is 0 Å². The third-order valence-corrected chi connectivity index (χ3v) is 3.76. The zero-order chi connectivity index (χ0) is 19.9. The molecule has 0 aliphatic heterocycles. The molecule has 0 aliphatic rings. The minimum Gasteiger partial charge on any atom is -0.550 e. The molecule has 0 fully saturated rings. The second-order valence-electron chi connectivity index (χ2n) is 6.01. The van der Waals surface area contributed by atoms with E-state index in [4.69, 9.17) is 10.2 Å². The number of hydrogen-bond acceptors (Lipinski definition) is 7. The maximum Gasteiger partial charge on any atom is 1.00 e. The molecule has 3 N–H and O–H groups in total. The second-order valence-corrected chi connectivity index (χ2v) is 6.01. The van der Waals surface area contributed by atoms with Crippen LogP contribution < -0.4 is 56.5 Å². The average molecular weight is 413 g/mol. The Kier molecular flexibility index (Phi) is 19.0. The van der Waals surface area contributed by atoms with Gasteiger partial charge >= 0.3 is 63.3 Å². The number of aliphatic carboxylic acids is 3. The maximum atomic E-state index is 10.8. The Labute approximate surface area is 202 Å². The van der Waals surface area contributed by atoms with Gasteiger partial charge in [-0.05, 0) is 19.8 Å². The zero-order valence-corrected chi connectivity index (χ0v) is 19.3. The van der Waals surface area contributed by atoms with Crippen molar-refractivity contribution in [3.05, 3.63) is 12.2 Å². The molecule has 0 rings (SSSR count). The Bertz CT molecular complexity index is 456. The molecule has 1 unspecified atom stereocenters. The Hall–Kier alpha value is -0.334. The van der Waals surface area contributed by atoms with Gasteiger partial charge in [0.1, 0.15) is 0 Å². The number of allylic oxidation sites excluding steroid dienone is 1. The minimum absolute atomic E-state index is 0. The summed E-state index contributed by atoms with van der Waals surface area (Å²) >= 11 is 0. The summed E-state index contributed by atoms with van der Waals surface area (Å²) in [5.74, 6) is -3.14. The minimum atomic E-state index is -1.21. The number of aliphatic hydroxyl groups is 1. The number of nitrogens with zero attached hydrogens (tertiary/aromatic N) is 2. The fourth-order valence-electron chi connectivity index (χ4n) is 2.34. The second kappa shape index (κ2) is 17.7. The molecule has 0 aromatic carbocycles. The van der Waals surface area contributed by atoms with Crippen LogP contribution in [0.3, 0.4) is 0 Å². The van der Waals surface area contributed by atoms with Gasteiger partial charge in [0.15, 0.2) is 0 Å².